The molecular formula is C33H31Cl4FN6O3. The number of allylic oxidation sites excluding steroid dienone is 2. The predicted molar refractivity (Wildman–Crippen MR) is 186 cm³/mol. The lowest BCUT2D eigenvalue weighted by Crippen LogP contribution is -2.58. The number of anilines is 1. The van der Waals surface area contributed by atoms with Crippen molar-refractivity contribution >= 4 is 74.7 Å². The molecule has 1 aromatic carbocycles. The van der Waals surface area contributed by atoms with Gasteiger partial charge in [0.2, 0.25) is 5.91 Å². The Morgan fingerprint density at radius 3 is 2.40 bits per heavy atom. The van der Waals surface area contributed by atoms with Crippen LogP contribution in [0.15, 0.2) is 41.4 Å². The number of hydrogen-bond donors (Lipinski definition) is 2. The third-order valence-electron chi connectivity index (χ3n) is 8.55. The summed E-state index contributed by atoms with van der Waals surface area (Å²) in [6.45, 7) is 13.7. The molecule has 0 spiro atoms. The lowest BCUT2D eigenvalue weighted by atomic mass is 9.94. The van der Waals surface area contributed by atoms with Gasteiger partial charge in [0.25, 0.3) is 5.56 Å². The summed E-state index contributed by atoms with van der Waals surface area (Å²) in [6, 6.07) is 2.68. The predicted octanol–water partition coefficient (Wildman–Crippen LogP) is 7.38. The SMILES string of the molecule is C=CC(=O)N1[C@H](C)CN(c2c(C#N)c(=O)n(C3=C(C)C=CN[C@@H]3C(C)C)c3nc(-c4c(O)c(Cl)c(F)c(Cl)c4Cl)c(Cl)cc23)C[C@@H]1C. The average Bonchev–Trinajstić information content (AvgIpc) is 3.02. The summed E-state index contributed by atoms with van der Waals surface area (Å²) in [5.74, 6) is -2.09. The molecule has 0 bridgehead atoms. The minimum atomic E-state index is -1.12. The van der Waals surface area contributed by atoms with Gasteiger partial charge in [0.1, 0.15) is 28.1 Å². The van der Waals surface area contributed by atoms with Gasteiger partial charge in [-0.15, -0.1) is 0 Å². The Hall–Kier alpha value is -3.75. The van der Waals surface area contributed by atoms with Crippen molar-refractivity contribution in [2.75, 3.05) is 18.0 Å². The third-order valence-corrected chi connectivity index (χ3v) is 10.0. The fourth-order valence-corrected chi connectivity index (χ4v) is 7.42. The van der Waals surface area contributed by atoms with Crippen molar-refractivity contribution in [1.29, 1.82) is 5.26 Å². The van der Waals surface area contributed by atoms with E-state index in [0.29, 0.717) is 16.8 Å². The highest BCUT2D eigenvalue weighted by Gasteiger charge is 2.36. The van der Waals surface area contributed by atoms with E-state index in [1.807, 2.05) is 45.6 Å². The van der Waals surface area contributed by atoms with E-state index in [9.17, 15) is 24.3 Å². The lowest BCUT2D eigenvalue weighted by molar-refractivity contribution is -0.130. The Kier molecular flexibility index (Phi) is 9.59. The van der Waals surface area contributed by atoms with Gasteiger partial charge in [0.05, 0.1) is 43.8 Å². The molecule has 1 amide bonds. The highest BCUT2D eigenvalue weighted by molar-refractivity contribution is 6.46. The molecule has 246 valence electrons. The Labute approximate surface area is 291 Å². The van der Waals surface area contributed by atoms with Crippen LogP contribution >= 0.6 is 46.4 Å². The van der Waals surface area contributed by atoms with Gasteiger partial charge in [0.15, 0.2) is 5.82 Å². The standard InChI is InChI=1S/C33H31Cl4FN6O3/c1-7-21(45)43-16(5)12-42(13-17(43)6)30-18-10-20(34)28(22-23(35)24(36)26(38)25(37)31(22)46)41-32(18)44(33(47)19(30)11-39)29-15(4)8-9-40-27(29)14(2)3/h7-10,14,16-17,27,40,46H,1,12-13H2,2-6H3/t16-,17+,27-/m1/s1. The molecule has 3 atom stereocenters. The van der Waals surface area contributed by atoms with Crippen LogP contribution in [0.1, 0.15) is 40.2 Å². The summed E-state index contributed by atoms with van der Waals surface area (Å²) in [5.41, 5.74) is 0.557. The number of nitrogens with one attached hydrogen (secondary N) is 1. The molecule has 0 aliphatic carbocycles. The zero-order valence-electron chi connectivity index (χ0n) is 26.1. The number of aromatic nitrogens is 2. The van der Waals surface area contributed by atoms with E-state index in [2.05, 4.69) is 18.0 Å². The Morgan fingerprint density at radius 2 is 1.83 bits per heavy atom. The smallest absolute Gasteiger partial charge is 0.276 e. The van der Waals surface area contributed by atoms with Gasteiger partial charge in [-0.3, -0.25) is 14.2 Å². The number of amides is 1. The molecule has 14 heteroatoms. The maximum absolute atomic E-state index is 14.6. The molecule has 2 aromatic heterocycles. The van der Waals surface area contributed by atoms with Crippen LogP contribution in [0.5, 0.6) is 5.75 Å². The molecule has 47 heavy (non-hydrogen) atoms. The number of dihydropyridines is 1. The molecule has 1 saturated heterocycles. The van der Waals surface area contributed by atoms with Crippen LogP contribution in [0.4, 0.5) is 10.1 Å². The molecule has 0 saturated carbocycles. The highest BCUT2D eigenvalue weighted by atomic mass is 35.5. The summed E-state index contributed by atoms with van der Waals surface area (Å²) in [6.07, 6.45) is 4.86. The van der Waals surface area contributed by atoms with Gasteiger partial charge < -0.3 is 20.2 Å². The van der Waals surface area contributed by atoms with Gasteiger partial charge in [-0.2, -0.15) is 5.26 Å². The molecule has 0 radical (unpaired) electrons. The number of fused-ring (bicyclic) bond motifs is 1. The molecule has 1 fully saturated rings. The summed E-state index contributed by atoms with van der Waals surface area (Å²) >= 11 is 25.5. The average molecular weight is 720 g/mol. The van der Waals surface area contributed by atoms with Gasteiger partial charge >= 0.3 is 0 Å². The van der Waals surface area contributed by atoms with Crippen molar-refractivity contribution in [2.45, 2.75) is 52.7 Å². The summed E-state index contributed by atoms with van der Waals surface area (Å²) in [5, 5.41) is 23.5. The van der Waals surface area contributed by atoms with Crippen molar-refractivity contribution in [1.82, 2.24) is 19.8 Å². The van der Waals surface area contributed by atoms with Crippen molar-refractivity contribution in [2.24, 2.45) is 5.92 Å². The van der Waals surface area contributed by atoms with Gasteiger partial charge in [-0.05, 0) is 56.7 Å². The van der Waals surface area contributed by atoms with E-state index < -0.39 is 27.2 Å². The van der Waals surface area contributed by atoms with Crippen LogP contribution in [-0.4, -0.2) is 56.7 Å². The number of benzene rings is 1. The number of carbonyl (C=O) groups excluding carboxylic acids is 1. The summed E-state index contributed by atoms with van der Waals surface area (Å²) in [7, 11) is 0. The second-order valence-electron chi connectivity index (χ2n) is 12.0. The first-order chi connectivity index (χ1) is 22.2. The largest absolute Gasteiger partial charge is 0.506 e. The van der Waals surface area contributed by atoms with Crippen molar-refractivity contribution < 1.29 is 14.3 Å². The highest BCUT2D eigenvalue weighted by Crippen LogP contribution is 2.49. The van der Waals surface area contributed by atoms with Crippen molar-refractivity contribution in [3.05, 3.63) is 78.4 Å². The number of pyridine rings is 2. The van der Waals surface area contributed by atoms with E-state index in [1.54, 1.807) is 11.1 Å². The molecule has 2 aliphatic rings. The maximum Gasteiger partial charge on any atom is 0.276 e. The molecule has 4 heterocycles. The van der Waals surface area contributed by atoms with Crippen LogP contribution in [0, 0.1) is 23.1 Å². The van der Waals surface area contributed by atoms with E-state index in [4.69, 9.17) is 51.4 Å². The van der Waals surface area contributed by atoms with Gasteiger partial charge in [0, 0.05) is 30.6 Å². The molecule has 0 unspecified atom stereocenters. The molecule has 9 nitrogen and oxygen atoms in total. The number of halogens is 5. The fourth-order valence-electron chi connectivity index (χ4n) is 6.49. The normalized spacial score (nSPS) is 19.7. The molecule has 5 rings (SSSR count). The number of phenols is 1. The number of hydrogen-bond acceptors (Lipinski definition) is 7. The lowest BCUT2D eigenvalue weighted by Gasteiger charge is -2.45. The molecule has 2 N–H and O–H groups in total. The first-order valence-electron chi connectivity index (χ1n) is 14.7. The van der Waals surface area contributed by atoms with Crippen LogP contribution in [0.2, 0.25) is 20.1 Å². The van der Waals surface area contributed by atoms with Crippen molar-refractivity contribution in [3.8, 4) is 23.1 Å². The maximum atomic E-state index is 14.6. The fraction of sp³-hybridized carbons (Fsp3) is 0.333. The monoisotopic (exact) mass is 718 g/mol. The van der Waals surface area contributed by atoms with E-state index >= 15 is 0 Å². The number of nitrogens with zero attached hydrogens (tertiary/aromatic N) is 5. The minimum absolute atomic E-state index is 0.00536. The number of carbonyl (C=O) groups is 1. The minimum Gasteiger partial charge on any atom is -0.506 e. The third kappa shape index (κ3) is 5.63. The molecular weight excluding hydrogens is 689 g/mol. The quantitative estimate of drug-likeness (QED) is 0.161. The van der Waals surface area contributed by atoms with Crippen LogP contribution in [0.3, 0.4) is 0 Å². The Bertz CT molecular complexity index is 1980. The first kappa shape index (κ1) is 34.6. The van der Waals surface area contributed by atoms with Crippen LogP contribution in [-0.2, 0) is 4.79 Å². The number of phenolic OH excluding ortho intramolecular Hbond substituents is 1. The zero-order chi connectivity index (χ0) is 34.6. The van der Waals surface area contributed by atoms with E-state index in [-0.39, 0.29) is 75.6 Å². The van der Waals surface area contributed by atoms with Gasteiger partial charge in [-0.25, -0.2) is 9.37 Å². The second kappa shape index (κ2) is 13.0. The van der Waals surface area contributed by atoms with Crippen molar-refractivity contribution in [3.63, 3.8) is 0 Å². The molecule has 3 aromatic rings. The Morgan fingerprint density at radius 1 is 1.19 bits per heavy atom. The van der Waals surface area contributed by atoms with Gasteiger partial charge in [-0.1, -0.05) is 66.8 Å². The summed E-state index contributed by atoms with van der Waals surface area (Å²) < 4.78 is 16.0. The first-order valence-corrected chi connectivity index (χ1v) is 16.2. The number of aromatic hydroxyl groups is 1. The zero-order valence-corrected chi connectivity index (χ0v) is 29.2. The van der Waals surface area contributed by atoms with Crippen LogP contribution < -0.4 is 15.8 Å². The molecule has 2 aliphatic heterocycles. The number of rotatable bonds is 5. The number of nitriles is 1. The second-order valence-corrected chi connectivity index (χ2v) is 13.5. The van der Waals surface area contributed by atoms with Crippen LogP contribution in [0.25, 0.3) is 28.0 Å². The summed E-state index contributed by atoms with van der Waals surface area (Å²) in [4.78, 5) is 35.7. The Balaban J connectivity index is 1.92. The topological polar surface area (TPSA) is 114 Å². The van der Waals surface area contributed by atoms with E-state index in [0.717, 1.165) is 5.57 Å². The van der Waals surface area contributed by atoms with E-state index in [1.165, 1.54) is 16.7 Å². The number of piperazine rings is 1.